The molecular weight excluding hydrogens is 196 g/mol. The molecule has 0 unspecified atom stereocenters. The Balaban J connectivity index is 3.93. The number of hydrogen-bond acceptors (Lipinski definition) is 3. The summed E-state index contributed by atoms with van der Waals surface area (Å²) >= 11 is 0. The van der Waals surface area contributed by atoms with Gasteiger partial charge in [0, 0.05) is 13.1 Å². The third kappa shape index (κ3) is 6.68. The van der Waals surface area contributed by atoms with Crippen molar-refractivity contribution in [1.29, 1.82) is 0 Å². The van der Waals surface area contributed by atoms with Gasteiger partial charge < -0.3 is 10.0 Å². The van der Waals surface area contributed by atoms with Crippen LogP contribution in [0.25, 0.3) is 0 Å². The highest BCUT2D eigenvalue weighted by molar-refractivity contribution is 5.79. The van der Waals surface area contributed by atoms with Crippen LogP contribution in [-0.4, -0.2) is 48.1 Å². The van der Waals surface area contributed by atoms with Crippen LogP contribution in [0.3, 0.4) is 0 Å². The van der Waals surface area contributed by atoms with Gasteiger partial charge in [-0.3, -0.25) is 14.9 Å². The van der Waals surface area contributed by atoms with Crippen LogP contribution in [0.1, 0.15) is 13.8 Å². The number of amides is 1. The van der Waals surface area contributed by atoms with Gasteiger partial charge in [0.05, 0.1) is 13.1 Å². The van der Waals surface area contributed by atoms with Crippen molar-refractivity contribution < 1.29 is 14.7 Å². The van der Waals surface area contributed by atoms with E-state index in [9.17, 15) is 9.59 Å². The highest BCUT2D eigenvalue weighted by Gasteiger charge is 2.11. The van der Waals surface area contributed by atoms with Crippen LogP contribution in [0.2, 0.25) is 0 Å². The molecule has 5 nitrogen and oxygen atoms in total. The number of nitrogens with one attached hydrogen (secondary N) is 1. The zero-order valence-electron chi connectivity index (χ0n) is 9.25. The highest BCUT2D eigenvalue weighted by atomic mass is 16.4. The molecule has 86 valence electrons. The second-order valence-corrected chi connectivity index (χ2v) is 3.36. The molecule has 0 atom stereocenters. The number of carboxylic acid groups (broad SMARTS) is 1. The molecule has 0 rings (SSSR count). The number of carboxylic acids is 1. The summed E-state index contributed by atoms with van der Waals surface area (Å²) in [4.78, 5) is 23.3. The van der Waals surface area contributed by atoms with E-state index in [1.54, 1.807) is 4.90 Å². The van der Waals surface area contributed by atoms with Crippen molar-refractivity contribution in [3.05, 3.63) is 12.2 Å². The van der Waals surface area contributed by atoms with Gasteiger partial charge in [-0.15, -0.1) is 0 Å². The SMILES string of the molecule is C=C(C)CN(CC)C(=O)CNCC(=O)O. The van der Waals surface area contributed by atoms with E-state index >= 15 is 0 Å². The molecular formula is C10H18N2O3. The minimum absolute atomic E-state index is 0.0490. The molecule has 0 aromatic rings. The van der Waals surface area contributed by atoms with E-state index in [0.29, 0.717) is 13.1 Å². The molecule has 2 N–H and O–H groups in total. The van der Waals surface area contributed by atoms with Crippen molar-refractivity contribution in [2.45, 2.75) is 13.8 Å². The first-order valence-electron chi connectivity index (χ1n) is 4.82. The molecule has 5 heteroatoms. The van der Waals surface area contributed by atoms with Crippen LogP contribution in [0, 0.1) is 0 Å². The Hall–Kier alpha value is -1.36. The van der Waals surface area contributed by atoms with Crippen molar-refractivity contribution in [3.63, 3.8) is 0 Å². The van der Waals surface area contributed by atoms with E-state index < -0.39 is 5.97 Å². The summed E-state index contributed by atoms with van der Waals surface area (Å²) in [5.74, 6) is -1.08. The standard InChI is InChI=1S/C10H18N2O3/c1-4-12(7-8(2)3)9(13)5-11-6-10(14)15/h11H,2,4-7H2,1,3H3,(H,14,15). The van der Waals surface area contributed by atoms with Gasteiger partial charge in [0.15, 0.2) is 0 Å². The van der Waals surface area contributed by atoms with Crippen LogP contribution < -0.4 is 5.32 Å². The summed E-state index contributed by atoms with van der Waals surface area (Å²) in [6.45, 7) is 8.41. The zero-order chi connectivity index (χ0) is 11.8. The number of rotatable bonds is 7. The van der Waals surface area contributed by atoms with Crippen LogP contribution in [-0.2, 0) is 9.59 Å². The van der Waals surface area contributed by atoms with E-state index in [1.165, 1.54) is 0 Å². The fourth-order valence-corrected chi connectivity index (χ4v) is 1.09. The Morgan fingerprint density at radius 3 is 2.40 bits per heavy atom. The molecule has 0 aromatic carbocycles. The molecule has 0 saturated heterocycles. The van der Waals surface area contributed by atoms with Gasteiger partial charge >= 0.3 is 5.97 Å². The van der Waals surface area contributed by atoms with Crippen molar-refractivity contribution in [2.24, 2.45) is 0 Å². The summed E-state index contributed by atoms with van der Waals surface area (Å²) in [7, 11) is 0. The van der Waals surface area contributed by atoms with Gasteiger partial charge in [-0.25, -0.2) is 0 Å². The predicted octanol–water partition coefficient (Wildman–Crippen LogP) is 0.0852. The van der Waals surface area contributed by atoms with Crippen molar-refractivity contribution in [2.75, 3.05) is 26.2 Å². The Kier molecular flexibility index (Phi) is 6.37. The van der Waals surface area contributed by atoms with Crippen molar-refractivity contribution in [3.8, 4) is 0 Å². The van der Waals surface area contributed by atoms with E-state index in [-0.39, 0.29) is 19.0 Å². The summed E-state index contributed by atoms with van der Waals surface area (Å²) in [5, 5.41) is 10.9. The molecule has 0 aliphatic heterocycles. The maximum atomic E-state index is 11.5. The lowest BCUT2D eigenvalue weighted by Crippen LogP contribution is -2.40. The molecule has 15 heavy (non-hydrogen) atoms. The van der Waals surface area contributed by atoms with Gasteiger partial charge in [-0.05, 0) is 13.8 Å². The van der Waals surface area contributed by atoms with Crippen LogP contribution in [0.4, 0.5) is 0 Å². The van der Waals surface area contributed by atoms with Crippen LogP contribution in [0.15, 0.2) is 12.2 Å². The fourth-order valence-electron chi connectivity index (χ4n) is 1.09. The number of likely N-dealkylation sites (N-methyl/N-ethyl adjacent to an activating group) is 1. The first-order valence-corrected chi connectivity index (χ1v) is 4.82. The number of hydrogen-bond donors (Lipinski definition) is 2. The van der Waals surface area contributed by atoms with E-state index in [0.717, 1.165) is 5.57 Å². The zero-order valence-corrected chi connectivity index (χ0v) is 9.25. The van der Waals surface area contributed by atoms with Crippen LogP contribution >= 0.6 is 0 Å². The predicted molar refractivity (Wildman–Crippen MR) is 57.6 cm³/mol. The Labute approximate surface area is 89.8 Å². The first kappa shape index (κ1) is 13.6. The number of carbonyl (C=O) groups is 2. The van der Waals surface area contributed by atoms with Gasteiger partial charge in [-0.2, -0.15) is 0 Å². The smallest absolute Gasteiger partial charge is 0.317 e. The average molecular weight is 214 g/mol. The van der Waals surface area contributed by atoms with Gasteiger partial charge in [0.2, 0.25) is 5.91 Å². The van der Waals surface area contributed by atoms with Gasteiger partial charge in [-0.1, -0.05) is 12.2 Å². The lowest BCUT2D eigenvalue weighted by Gasteiger charge is -2.20. The Morgan fingerprint density at radius 2 is 2.00 bits per heavy atom. The highest BCUT2D eigenvalue weighted by Crippen LogP contribution is 1.95. The molecule has 0 spiro atoms. The molecule has 0 radical (unpaired) electrons. The monoisotopic (exact) mass is 214 g/mol. The number of nitrogens with zero attached hydrogens (tertiary/aromatic N) is 1. The van der Waals surface area contributed by atoms with E-state index in [2.05, 4.69) is 11.9 Å². The second-order valence-electron chi connectivity index (χ2n) is 3.36. The number of carbonyl (C=O) groups excluding carboxylic acids is 1. The van der Waals surface area contributed by atoms with Crippen molar-refractivity contribution >= 4 is 11.9 Å². The van der Waals surface area contributed by atoms with Crippen LogP contribution in [0.5, 0.6) is 0 Å². The largest absolute Gasteiger partial charge is 0.480 e. The summed E-state index contributed by atoms with van der Waals surface area (Å²) in [6, 6.07) is 0. The maximum Gasteiger partial charge on any atom is 0.317 e. The Bertz CT molecular complexity index is 251. The lowest BCUT2D eigenvalue weighted by atomic mass is 10.3. The quantitative estimate of drug-likeness (QED) is 0.589. The molecule has 0 aliphatic carbocycles. The second kappa shape index (κ2) is 7.00. The summed E-state index contributed by atoms with van der Waals surface area (Å²) in [5.41, 5.74) is 0.906. The van der Waals surface area contributed by atoms with E-state index in [4.69, 9.17) is 5.11 Å². The average Bonchev–Trinajstić information content (AvgIpc) is 2.13. The molecule has 0 heterocycles. The summed E-state index contributed by atoms with van der Waals surface area (Å²) in [6.07, 6.45) is 0. The molecule has 0 fully saturated rings. The Morgan fingerprint density at radius 1 is 1.40 bits per heavy atom. The summed E-state index contributed by atoms with van der Waals surface area (Å²) < 4.78 is 0. The molecule has 0 saturated carbocycles. The molecule has 0 aromatic heterocycles. The minimum atomic E-state index is -0.967. The third-order valence-electron chi connectivity index (χ3n) is 1.75. The molecule has 0 bridgehead atoms. The maximum absolute atomic E-state index is 11.5. The van der Waals surface area contributed by atoms with Gasteiger partial charge in [0.25, 0.3) is 0 Å². The number of aliphatic carboxylic acids is 1. The van der Waals surface area contributed by atoms with Gasteiger partial charge in [0.1, 0.15) is 0 Å². The normalized spacial score (nSPS) is 9.73. The third-order valence-corrected chi connectivity index (χ3v) is 1.75. The lowest BCUT2D eigenvalue weighted by molar-refractivity contribution is -0.136. The van der Waals surface area contributed by atoms with Crippen molar-refractivity contribution in [1.82, 2.24) is 10.2 Å². The fraction of sp³-hybridized carbons (Fsp3) is 0.600. The molecule has 1 amide bonds. The first-order chi connectivity index (χ1) is 6.97. The van der Waals surface area contributed by atoms with E-state index in [1.807, 2.05) is 13.8 Å². The topological polar surface area (TPSA) is 69.6 Å². The minimum Gasteiger partial charge on any atom is -0.480 e. The molecule has 0 aliphatic rings.